The Morgan fingerprint density at radius 2 is 2.18 bits per heavy atom. The highest BCUT2D eigenvalue weighted by Crippen LogP contribution is 2.18. The van der Waals surface area contributed by atoms with Crippen LogP contribution in [0, 0.1) is 0 Å². The summed E-state index contributed by atoms with van der Waals surface area (Å²) in [7, 11) is 0. The lowest BCUT2D eigenvalue weighted by atomic mass is 10.2. The molecule has 11 heavy (non-hydrogen) atoms. The van der Waals surface area contributed by atoms with Gasteiger partial charge in [0.2, 0.25) is 5.28 Å². The normalized spacial score (nSPS) is 10.9. The first-order valence-corrected chi connectivity index (χ1v) is 4.22. The molecule has 0 unspecified atom stereocenters. The van der Waals surface area contributed by atoms with E-state index in [9.17, 15) is 0 Å². The van der Waals surface area contributed by atoms with Gasteiger partial charge in [-0.05, 0) is 24.4 Å². The summed E-state index contributed by atoms with van der Waals surface area (Å²) in [6.45, 7) is 4.26. The van der Waals surface area contributed by atoms with E-state index in [-0.39, 0.29) is 0 Å². The van der Waals surface area contributed by atoms with Crippen LogP contribution in [0.25, 0.3) is 0 Å². The third-order valence-corrected chi connectivity index (χ3v) is 2.14. The largest absolute Gasteiger partial charge is 0.301 e. The van der Waals surface area contributed by atoms with Crippen molar-refractivity contribution >= 4 is 11.6 Å². The highest BCUT2D eigenvalue weighted by Gasteiger charge is 2.09. The predicted octanol–water partition coefficient (Wildman–Crippen LogP) is 2.29. The third kappa shape index (κ3) is 1.71. The Hall–Kier alpha value is -0.570. The van der Waals surface area contributed by atoms with E-state index in [1.165, 1.54) is 0 Å². The summed E-state index contributed by atoms with van der Waals surface area (Å²) < 4.78 is 1.90. The molecule has 0 aliphatic heterocycles. The number of nitrogens with zero attached hydrogens (tertiary/aromatic N) is 3. The van der Waals surface area contributed by atoms with Crippen LogP contribution in [0.5, 0.6) is 0 Å². The van der Waals surface area contributed by atoms with Gasteiger partial charge in [0.15, 0.2) is 0 Å². The van der Waals surface area contributed by atoms with E-state index in [4.69, 9.17) is 11.6 Å². The molecule has 0 atom stereocenters. The average Bonchev–Trinajstić information content (AvgIpc) is 2.40. The lowest BCUT2D eigenvalue weighted by Gasteiger charge is -2.13. The van der Waals surface area contributed by atoms with Crippen LogP contribution in [0.2, 0.25) is 5.28 Å². The zero-order valence-electron chi connectivity index (χ0n) is 6.79. The van der Waals surface area contributed by atoms with Gasteiger partial charge in [0, 0.05) is 6.04 Å². The van der Waals surface area contributed by atoms with Gasteiger partial charge >= 0.3 is 0 Å². The van der Waals surface area contributed by atoms with Crippen LogP contribution >= 0.6 is 11.6 Å². The van der Waals surface area contributed by atoms with Crippen LogP contribution in [0.3, 0.4) is 0 Å². The van der Waals surface area contributed by atoms with Crippen molar-refractivity contribution < 1.29 is 0 Å². The fraction of sp³-hybridized carbons (Fsp3) is 0.714. The van der Waals surface area contributed by atoms with Crippen molar-refractivity contribution in [2.75, 3.05) is 0 Å². The van der Waals surface area contributed by atoms with Gasteiger partial charge in [-0.1, -0.05) is 13.8 Å². The molecule has 62 valence electrons. The van der Waals surface area contributed by atoms with Crippen molar-refractivity contribution in [2.45, 2.75) is 32.7 Å². The van der Waals surface area contributed by atoms with Crippen LogP contribution in [0.15, 0.2) is 6.33 Å². The molecular formula is C7H12ClN3. The lowest BCUT2D eigenvalue weighted by Crippen LogP contribution is -2.05. The molecular weight excluding hydrogens is 162 g/mol. The van der Waals surface area contributed by atoms with Crippen LogP contribution in [0.4, 0.5) is 0 Å². The Morgan fingerprint density at radius 1 is 1.55 bits per heavy atom. The first-order chi connectivity index (χ1) is 5.29. The molecule has 1 rings (SSSR count). The number of halogens is 1. The Morgan fingerprint density at radius 3 is 2.55 bits per heavy atom. The summed E-state index contributed by atoms with van der Waals surface area (Å²) in [4.78, 5) is 0. The zero-order valence-corrected chi connectivity index (χ0v) is 7.54. The fourth-order valence-corrected chi connectivity index (χ4v) is 1.38. The van der Waals surface area contributed by atoms with Gasteiger partial charge in [-0.25, -0.2) is 0 Å². The van der Waals surface area contributed by atoms with E-state index in [0.717, 1.165) is 12.8 Å². The predicted molar refractivity (Wildman–Crippen MR) is 44.7 cm³/mol. The monoisotopic (exact) mass is 173 g/mol. The van der Waals surface area contributed by atoms with Gasteiger partial charge in [-0.15, -0.1) is 10.2 Å². The van der Waals surface area contributed by atoms with Crippen LogP contribution < -0.4 is 0 Å². The second-order valence-electron chi connectivity index (χ2n) is 2.48. The molecule has 0 N–H and O–H groups in total. The molecule has 0 radical (unpaired) electrons. The number of hydrogen-bond acceptors (Lipinski definition) is 2. The fourth-order valence-electron chi connectivity index (χ4n) is 1.16. The Labute approximate surface area is 71.4 Å². The molecule has 0 saturated heterocycles. The highest BCUT2D eigenvalue weighted by molar-refractivity contribution is 6.28. The first kappa shape index (κ1) is 8.53. The molecule has 1 aromatic heterocycles. The maximum Gasteiger partial charge on any atom is 0.225 e. The van der Waals surface area contributed by atoms with Gasteiger partial charge in [0.1, 0.15) is 6.33 Å². The van der Waals surface area contributed by atoms with Gasteiger partial charge in [-0.2, -0.15) is 0 Å². The number of aromatic nitrogens is 3. The molecule has 0 bridgehead atoms. The Bertz CT molecular complexity index is 217. The molecule has 3 nitrogen and oxygen atoms in total. The standard InChI is InChI=1S/C7H12ClN3/c1-3-6(4-2)11-5-9-10-7(11)8/h5-6H,3-4H2,1-2H3. The topological polar surface area (TPSA) is 30.7 Å². The van der Waals surface area contributed by atoms with E-state index < -0.39 is 0 Å². The SMILES string of the molecule is CCC(CC)n1cnnc1Cl. The zero-order chi connectivity index (χ0) is 8.27. The molecule has 1 heterocycles. The van der Waals surface area contributed by atoms with E-state index in [1.54, 1.807) is 6.33 Å². The number of rotatable bonds is 3. The summed E-state index contributed by atoms with van der Waals surface area (Å²) >= 11 is 5.78. The molecule has 0 fully saturated rings. The van der Waals surface area contributed by atoms with E-state index >= 15 is 0 Å². The van der Waals surface area contributed by atoms with Crippen molar-refractivity contribution in [3.63, 3.8) is 0 Å². The van der Waals surface area contributed by atoms with Crippen molar-refractivity contribution in [3.8, 4) is 0 Å². The minimum atomic E-state index is 0.442. The highest BCUT2D eigenvalue weighted by atomic mass is 35.5. The van der Waals surface area contributed by atoms with Crippen LogP contribution in [0.1, 0.15) is 32.7 Å². The number of hydrogen-bond donors (Lipinski definition) is 0. The molecule has 0 spiro atoms. The third-order valence-electron chi connectivity index (χ3n) is 1.87. The van der Waals surface area contributed by atoms with Crippen molar-refractivity contribution in [2.24, 2.45) is 0 Å². The van der Waals surface area contributed by atoms with Crippen LogP contribution in [-0.2, 0) is 0 Å². The molecule has 0 aliphatic carbocycles. The van der Waals surface area contributed by atoms with Crippen molar-refractivity contribution in [1.29, 1.82) is 0 Å². The summed E-state index contributed by atoms with van der Waals surface area (Å²) in [5, 5.41) is 7.92. The Kier molecular flexibility index (Phi) is 2.88. The lowest BCUT2D eigenvalue weighted by molar-refractivity contribution is 0.470. The van der Waals surface area contributed by atoms with Gasteiger partial charge in [0.05, 0.1) is 0 Å². The second-order valence-corrected chi connectivity index (χ2v) is 2.82. The first-order valence-electron chi connectivity index (χ1n) is 3.84. The summed E-state index contributed by atoms with van der Waals surface area (Å²) in [5.41, 5.74) is 0. The molecule has 0 saturated carbocycles. The second kappa shape index (κ2) is 3.72. The van der Waals surface area contributed by atoms with Gasteiger partial charge in [0.25, 0.3) is 0 Å². The van der Waals surface area contributed by atoms with Crippen LogP contribution in [-0.4, -0.2) is 14.8 Å². The van der Waals surface area contributed by atoms with E-state index in [0.29, 0.717) is 11.3 Å². The maximum atomic E-state index is 5.78. The van der Waals surface area contributed by atoms with Crippen molar-refractivity contribution in [3.05, 3.63) is 11.6 Å². The van der Waals surface area contributed by atoms with Gasteiger partial charge in [-0.3, -0.25) is 0 Å². The molecule has 0 aliphatic rings. The quantitative estimate of drug-likeness (QED) is 0.702. The molecule has 4 heteroatoms. The summed E-state index contributed by atoms with van der Waals surface area (Å²) in [6, 6.07) is 0.442. The maximum absolute atomic E-state index is 5.78. The molecule has 0 amide bonds. The minimum absolute atomic E-state index is 0.442. The van der Waals surface area contributed by atoms with E-state index in [1.807, 2.05) is 4.57 Å². The summed E-state index contributed by atoms with van der Waals surface area (Å²) in [5.74, 6) is 0. The van der Waals surface area contributed by atoms with Gasteiger partial charge < -0.3 is 4.57 Å². The Balaban J connectivity index is 2.81. The van der Waals surface area contributed by atoms with Crippen molar-refractivity contribution in [1.82, 2.24) is 14.8 Å². The average molecular weight is 174 g/mol. The minimum Gasteiger partial charge on any atom is -0.301 e. The van der Waals surface area contributed by atoms with E-state index in [2.05, 4.69) is 24.0 Å². The molecule has 1 aromatic rings. The molecule has 0 aromatic carbocycles. The summed E-state index contributed by atoms with van der Waals surface area (Å²) in [6.07, 6.45) is 3.81. The smallest absolute Gasteiger partial charge is 0.225 e.